The molecule has 1 saturated heterocycles. The van der Waals surface area contributed by atoms with Gasteiger partial charge in [0.05, 0.1) is 17.4 Å². The van der Waals surface area contributed by atoms with Gasteiger partial charge in [0.1, 0.15) is 18.1 Å². The molecule has 2 aliphatic rings. The van der Waals surface area contributed by atoms with Gasteiger partial charge >= 0.3 is 5.92 Å². The average molecular weight is 409 g/mol. The number of alkyl halides is 2. The van der Waals surface area contributed by atoms with E-state index >= 15 is 8.78 Å². The highest BCUT2D eigenvalue weighted by Gasteiger charge is 2.44. The summed E-state index contributed by atoms with van der Waals surface area (Å²) in [4.78, 5) is 49.4. The third kappa shape index (κ3) is 2.49. The van der Waals surface area contributed by atoms with Crippen LogP contribution in [-0.4, -0.2) is 38.7 Å². The van der Waals surface area contributed by atoms with Crippen molar-refractivity contribution in [3.8, 4) is 0 Å². The number of pyridine rings is 1. The van der Waals surface area contributed by atoms with E-state index in [0.717, 1.165) is 18.7 Å². The number of aromatic nitrogens is 3. The molecular formula is C20H13F2N5O3. The van der Waals surface area contributed by atoms with Crippen LogP contribution in [0.15, 0.2) is 43.1 Å². The SMILES string of the molecule is O=C1CCC(N2C(=O)c3cccc4c(C(F)(F)c5cncnc5)ncc2c34)C(=O)N1. The minimum absolute atomic E-state index is 0.0806. The molecule has 1 unspecified atom stereocenters. The minimum Gasteiger partial charge on any atom is -0.295 e. The molecule has 4 heterocycles. The van der Waals surface area contributed by atoms with Crippen LogP contribution in [0.1, 0.15) is 34.5 Å². The number of rotatable bonds is 3. The van der Waals surface area contributed by atoms with E-state index in [1.807, 2.05) is 0 Å². The number of carbonyl (C=O) groups excluding carboxylic acids is 3. The Hall–Kier alpha value is -3.82. The summed E-state index contributed by atoms with van der Waals surface area (Å²) >= 11 is 0. The molecule has 10 heteroatoms. The average Bonchev–Trinajstić information content (AvgIpc) is 3.02. The van der Waals surface area contributed by atoms with Crippen molar-refractivity contribution < 1.29 is 23.2 Å². The summed E-state index contributed by atoms with van der Waals surface area (Å²) < 4.78 is 30.4. The van der Waals surface area contributed by atoms with Crippen molar-refractivity contribution in [2.24, 2.45) is 0 Å². The molecule has 0 saturated carbocycles. The predicted octanol–water partition coefficient (Wildman–Crippen LogP) is 1.93. The zero-order valence-corrected chi connectivity index (χ0v) is 15.3. The number of amides is 3. The maximum absolute atomic E-state index is 15.2. The number of anilines is 1. The molecule has 3 amide bonds. The van der Waals surface area contributed by atoms with Crippen molar-refractivity contribution >= 4 is 34.2 Å². The third-order valence-electron chi connectivity index (χ3n) is 5.34. The molecule has 0 aliphatic carbocycles. The number of benzene rings is 1. The highest BCUT2D eigenvalue weighted by Crippen LogP contribution is 2.44. The summed E-state index contributed by atoms with van der Waals surface area (Å²) in [5.74, 6) is -5.00. The fourth-order valence-electron chi connectivity index (χ4n) is 3.97. The molecule has 1 atom stereocenters. The molecular weight excluding hydrogens is 396 g/mol. The van der Waals surface area contributed by atoms with Crippen molar-refractivity contribution in [1.29, 1.82) is 0 Å². The van der Waals surface area contributed by atoms with E-state index in [-0.39, 0.29) is 29.5 Å². The molecule has 0 spiro atoms. The van der Waals surface area contributed by atoms with Crippen LogP contribution in [0.25, 0.3) is 10.8 Å². The molecule has 0 radical (unpaired) electrons. The number of nitrogens with one attached hydrogen (secondary N) is 1. The van der Waals surface area contributed by atoms with E-state index in [4.69, 9.17) is 0 Å². The molecule has 5 rings (SSSR count). The molecule has 3 aromatic rings. The molecule has 1 fully saturated rings. The number of hydrogen-bond donors (Lipinski definition) is 1. The van der Waals surface area contributed by atoms with Crippen LogP contribution in [0, 0.1) is 0 Å². The number of nitrogens with zero attached hydrogens (tertiary/aromatic N) is 4. The molecule has 150 valence electrons. The van der Waals surface area contributed by atoms with Crippen molar-refractivity contribution in [3.63, 3.8) is 0 Å². The Morgan fingerprint density at radius 3 is 2.60 bits per heavy atom. The van der Waals surface area contributed by atoms with Gasteiger partial charge in [-0.1, -0.05) is 12.1 Å². The number of halogens is 2. The van der Waals surface area contributed by atoms with Crippen LogP contribution < -0.4 is 10.2 Å². The van der Waals surface area contributed by atoms with Crippen molar-refractivity contribution in [2.45, 2.75) is 24.8 Å². The third-order valence-corrected chi connectivity index (χ3v) is 5.34. The van der Waals surface area contributed by atoms with Gasteiger partial charge in [0.25, 0.3) is 5.91 Å². The Kier molecular flexibility index (Phi) is 3.85. The van der Waals surface area contributed by atoms with Gasteiger partial charge in [-0.25, -0.2) is 9.97 Å². The largest absolute Gasteiger partial charge is 0.318 e. The van der Waals surface area contributed by atoms with E-state index < -0.39 is 40.9 Å². The van der Waals surface area contributed by atoms with Gasteiger partial charge in [-0.2, -0.15) is 8.78 Å². The van der Waals surface area contributed by atoms with E-state index in [2.05, 4.69) is 20.3 Å². The summed E-state index contributed by atoms with van der Waals surface area (Å²) in [6, 6.07) is 3.56. The van der Waals surface area contributed by atoms with Crippen LogP contribution in [0.3, 0.4) is 0 Å². The molecule has 30 heavy (non-hydrogen) atoms. The predicted molar refractivity (Wildman–Crippen MR) is 99.8 cm³/mol. The fraction of sp³-hybridized carbons (Fsp3) is 0.200. The van der Waals surface area contributed by atoms with Gasteiger partial charge in [0.2, 0.25) is 11.8 Å². The van der Waals surface area contributed by atoms with E-state index in [1.165, 1.54) is 29.3 Å². The summed E-state index contributed by atoms with van der Waals surface area (Å²) in [7, 11) is 0. The lowest BCUT2D eigenvalue weighted by Crippen LogP contribution is -2.53. The Balaban J connectivity index is 1.68. The minimum atomic E-state index is -3.50. The van der Waals surface area contributed by atoms with Crippen LogP contribution >= 0.6 is 0 Å². The van der Waals surface area contributed by atoms with E-state index in [0.29, 0.717) is 5.39 Å². The second-order valence-corrected chi connectivity index (χ2v) is 7.06. The molecule has 1 aromatic carbocycles. The summed E-state index contributed by atoms with van der Waals surface area (Å²) in [5, 5.41) is 2.62. The standard InChI is InChI=1S/C20H13F2N5O3/c21-20(22,10-6-23-9-24-7-10)17-11-2-1-3-12-16(11)14(8-25-17)27(19(12)30)13-4-5-15(28)26-18(13)29/h1-3,6-9,13H,4-5H2,(H,26,28,29). The summed E-state index contributed by atoms with van der Waals surface area (Å²) in [6.45, 7) is 0. The normalized spacial score (nSPS) is 18.8. The number of imide groups is 1. The second kappa shape index (κ2) is 6.34. The smallest absolute Gasteiger partial charge is 0.295 e. The van der Waals surface area contributed by atoms with Gasteiger partial charge in [-0.3, -0.25) is 29.6 Å². The zero-order valence-electron chi connectivity index (χ0n) is 15.3. The first-order valence-electron chi connectivity index (χ1n) is 9.12. The lowest BCUT2D eigenvalue weighted by molar-refractivity contribution is -0.134. The maximum Gasteiger partial charge on any atom is 0.318 e. The van der Waals surface area contributed by atoms with Gasteiger partial charge in [0.15, 0.2) is 0 Å². The van der Waals surface area contributed by atoms with Crippen molar-refractivity contribution in [1.82, 2.24) is 20.3 Å². The summed E-state index contributed by atoms with van der Waals surface area (Å²) in [6.07, 6.45) is 4.57. The molecule has 8 nitrogen and oxygen atoms in total. The highest BCUT2D eigenvalue weighted by atomic mass is 19.3. The molecule has 2 aromatic heterocycles. The quantitative estimate of drug-likeness (QED) is 0.663. The number of hydrogen-bond acceptors (Lipinski definition) is 6. The molecule has 1 N–H and O–H groups in total. The van der Waals surface area contributed by atoms with Gasteiger partial charge in [0, 0.05) is 35.2 Å². The second-order valence-electron chi connectivity index (χ2n) is 7.06. The van der Waals surface area contributed by atoms with Crippen molar-refractivity contribution in [3.05, 3.63) is 59.9 Å². The monoisotopic (exact) mass is 409 g/mol. The molecule has 2 aliphatic heterocycles. The Morgan fingerprint density at radius 1 is 1.10 bits per heavy atom. The fourth-order valence-corrected chi connectivity index (χ4v) is 3.97. The van der Waals surface area contributed by atoms with Crippen molar-refractivity contribution in [2.75, 3.05) is 4.90 Å². The van der Waals surface area contributed by atoms with Crippen LogP contribution in [0.5, 0.6) is 0 Å². The lowest BCUT2D eigenvalue weighted by Gasteiger charge is -2.30. The van der Waals surface area contributed by atoms with Crippen LogP contribution in [0.4, 0.5) is 14.5 Å². The topological polar surface area (TPSA) is 105 Å². The maximum atomic E-state index is 15.2. The zero-order chi connectivity index (χ0) is 21.0. The Bertz CT molecular complexity index is 1230. The van der Waals surface area contributed by atoms with Gasteiger partial charge in [-0.15, -0.1) is 0 Å². The summed E-state index contributed by atoms with van der Waals surface area (Å²) in [5.41, 5.74) is -0.486. The Morgan fingerprint density at radius 2 is 1.87 bits per heavy atom. The van der Waals surface area contributed by atoms with Crippen LogP contribution in [0.2, 0.25) is 0 Å². The van der Waals surface area contributed by atoms with Crippen LogP contribution in [-0.2, 0) is 15.5 Å². The first-order chi connectivity index (χ1) is 14.4. The first-order valence-corrected chi connectivity index (χ1v) is 9.12. The van der Waals surface area contributed by atoms with Gasteiger partial charge < -0.3 is 0 Å². The first kappa shape index (κ1) is 18.2. The molecule has 0 bridgehead atoms. The van der Waals surface area contributed by atoms with E-state index in [9.17, 15) is 14.4 Å². The lowest BCUT2D eigenvalue weighted by atomic mass is 9.99. The Labute approximate surface area is 167 Å². The number of carbonyl (C=O) groups is 3. The highest BCUT2D eigenvalue weighted by molar-refractivity contribution is 6.27. The van der Waals surface area contributed by atoms with Gasteiger partial charge in [-0.05, 0) is 12.5 Å². The number of piperidine rings is 1. The van der Waals surface area contributed by atoms with E-state index in [1.54, 1.807) is 0 Å².